The van der Waals surface area contributed by atoms with E-state index in [1.807, 2.05) is 0 Å². The van der Waals surface area contributed by atoms with Crippen LogP contribution in [0.5, 0.6) is 5.75 Å². The molecule has 3 aliphatic carbocycles. The van der Waals surface area contributed by atoms with E-state index in [-0.39, 0.29) is 5.41 Å². The summed E-state index contributed by atoms with van der Waals surface area (Å²) in [5.41, 5.74) is 3.89. The molecule has 0 aliphatic heterocycles. The maximum atomic E-state index is 12.4. The van der Waals surface area contributed by atoms with Crippen molar-refractivity contribution < 1.29 is 9.90 Å². The van der Waals surface area contributed by atoms with Gasteiger partial charge in [0.1, 0.15) is 11.5 Å². The molecule has 4 rings (SSSR count). The molecule has 2 saturated carbocycles. The molecular weight excluding hydrogens is 387 g/mol. The fraction of sp³-hybridized carbons (Fsp3) is 0.632. The zero-order chi connectivity index (χ0) is 15.6. The first-order chi connectivity index (χ1) is 10.4. The lowest BCUT2D eigenvalue weighted by molar-refractivity contribution is -0.129. The lowest BCUT2D eigenvalue weighted by Crippen LogP contribution is -2.42. The van der Waals surface area contributed by atoms with Crippen LogP contribution in [0, 0.1) is 27.7 Å². The number of phenols is 1. The number of halogens is 1. The number of rotatable bonds is 0. The Hall–Kier alpha value is -0.580. The van der Waals surface area contributed by atoms with E-state index in [0.29, 0.717) is 29.3 Å². The van der Waals surface area contributed by atoms with Crippen molar-refractivity contribution in [3.63, 3.8) is 0 Å². The van der Waals surface area contributed by atoms with E-state index in [0.717, 1.165) is 41.2 Å². The standard InChI is InChI=1S/C19H23IO2/c1-10-11-3-4-13-12(14(11)9-16(20)18(10)22)7-8-19(2)15(13)5-6-17(19)21/h9,12-13,15,22H,3-8H2,1-2H3/t12-,13?,15-,19?/m0/s1. The van der Waals surface area contributed by atoms with Gasteiger partial charge in [-0.2, -0.15) is 0 Å². The van der Waals surface area contributed by atoms with Gasteiger partial charge in [-0.25, -0.2) is 0 Å². The third-order valence-electron chi connectivity index (χ3n) is 6.94. The van der Waals surface area contributed by atoms with Crippen molar-refractivity contribution in [1.82, 2.24) is 0 Å². The summed E-state index contributed by atoms with van der Waals surface area (Å²) in [6.07, 6.45) is 6.33. The summed E-state index contributed by atoms with van der Waals surface area (Å²) in [4.78, 5) is 12.4. The summed E-state index contributed by atoms with van der Waals surface area (Å²) in [5.74, 6) is 2.82. The number of hydrogen-bond donors (Lipinski definition) is 1. The molecule has 0 amide bonds. The number of fused-ring (bicyclic) bond motifs is 5. The Kier molecular flexibility index (Phi) is 3.37. The molecule has 2 unspecified atom stereocenters. The molecule has 0 aromatic heterocycles. The molecule has 2 fully saturated rings. The predicted molar refractivity (Wildman–Crippen MR) is 95.2 cm³/mol. The maximum Gasteiger partial charge on any atom is 0.139 e. The summed E-state index contributed by atoms with van der Waals surface area (Å²) in [6.45, 7) is 4.28. The van der Waals surface area contributed by atoms with Crippen LogP contribution >= 0.6 is 22.6 Å². The number of aromatic hydroxyl groups is 1. The van der Waals surface area contributed by atoms with Crippen LogP contribution < -0.4 is 0 Å². The van der Waals surface area contributed by atoms with Crippen LogP contribution in [0.2, 0.25) is 0 Å². The number of ketones is 1. The first-order valence-electron chi connectivity index (χ1n) is 8.47. The van der Waals surface area contributed by atoms with E-state index < -0.39 is 0 Å². The zero-order valence-electron chi connectivity index (χ0n) is 13.3. The number of carbonyl (C=O) groups excluding carboxylic acids is 1. The van der Waals surface area contributed by atoms with Crippen molar-refractivity contribution in [2.24, 2.45) is 17.3 Å². The van der Waals surface area contributed by atoms with Crippen molar-refractivity contribution in [2.75, 3.05) is 0 Å². The second kappa shape index (κ2) is 4.96. The van der Waals surface area contributed by atoms with Crippen LogP contribution in [-0.4, -0.2) is 10.9 Å². The van der Waals surface area contributed by atoms with E-state index in [1.165, 1.54) is 17.5 Å². The zero-order valence-corrected chi connectivity index (χ0v) is 15.4. The Bertz CT molecular complexity index is 666. The highest BCUT2D eigenvalue weighted by atomic mass is 127. The smallest absolute Gasteiger partial charge is 0.139 e. The summed E-state index contributed by atoms with van der Waals surface area (Å²) in [5, 5.41) is 10.2. The van der Waals surface area contributed by atoms with Gasteiger partial charge in [-0.3, -0.25) is 4.79 Å². The van der Waals surface area contributed by atoms with Gasteiger partial charge in [0.05, 0.1) is 3.57 Å². The average Bonchev–Trinajstić information content (AvgIpc) is 2.80. The molecule has 1 aromatic rings. The van der Waals surface area contributed by atoms with Crippen LogP contribution in [0.15, 0.2) is 6.07 Å². The normalized spacial score (nSPS) is 36.7. The summed E-state index contributed by atoms with van der Waals surface area (Å²) < 4.78 is 0.977. The minimum atomic E-state index is -0.0439. The second-order valence-corrected chi connectivity index (χ2v) is 8.90. The highest BCUT2D eigenvalue weighted by molar-refractivity contribution is 14.1. The average molecular weight is 410 g/mol. The van der Waals surface area contributed by atoms with E-state index in [9.17, 15) is 9.90 Å². The molecule has 0 radical (unpaired) electrons. The fourth-order valence-corrected chi connectivity index (χ4v) is 6.39. The molecule has 3 aliphatic rings. The summed E-state index contributed by atoms with van der Waals surface area (Å²) in [6, 6.07) is 2.22. The van der Waals surface area contributed by atoms with Gasteiger partial charge in [-0.15, -0.1) is 0 Å². The molecule has 1 N–H and O–H groups in total. The summed E-state index contributed by atoms with van der Waals surface area (Å²) >= 11 is 2.25. The van der Waals surface area contributed by atoms with Gasteiger partial charge in [-0.1, -0.05) is 6.92 Å². The van der Waals surface area contributed by atoms with Crippen LogP contribution in [0.4, 0.5) is 0 Å². The van der Waals surface area contributed by atoms with Gasteiger partial charge in [0, 0.05) is 11.8 Å². The van der Waals surface area contributed by atoms with Crippen molar-refractivity contribution >= 4 is 28.4 Å². The first kappa shape index (κ1) is 15.0. The van der Waals surface area contributed by atoms with Crippen LogP contribution in [0.3, 0.4) is 0 Å². The number of carbonyl (C=O) groups is 1. The van der Waals surface area contributed by atoms with E-state index in [2.05, 4.69) is 42.5 Å². The lowest BCUT2D eigenvalue weighted by Gasteiger charge is -2.48. The minimum absolute atomic E-state index is 0.0439. The van der Waals surface area contributed by atoms with E-state index in [4.69, 9.17) is 0 Å². The molecular formula is C19H23IO2. The number of Topliss-reactive ketones (excluding diaryl/α,β-unsaturated/α-hetero) is 1. The minimum Gasteiger partial charge on any atom is -0.507 e. The monoisotopic (exact) mass is 410 g/mol. The van der Waals surface area contributed by atoms with E-state index >= 15 is 0 Å². The predicted octanol–water partition coefficient (Wildman–Crippen LogP) is 4.73. The number of benzene rings is 1. The molecule has 4 atom stereocenters. The Morgan fingerprint density at radius 3 is 2.82 bits per heavy atom. The van der Waals surface area contributed by atoms with Crippen molar-refractivity contribution in [2.45, 2.75) is 58.3 Å². The van der Waals surface area contributed by atoms with Crippen LogP contribution in [0.1, 0.15) is 61.6 Å². The highest BCUT2D eigenvalue weighted by Crippen LogP contribution is 2.60. The topological polar surface area (TPSA) is 37.3 Å². The molecule has 0 heterocycles. The summed E-state index contributed by atoms with van der Waals surface area (Å²) in [7, 11) is 0. The van der Waals surface area contributed by atoms with Crippen LogP contribution in [-0.2, 0) is 11.2 Å². The molecule has 2 nitrogen and oxygen atoms in total. The van der Waals surface area contributed by atoms with Crippen molar-refractivity contribution in [1.29, 1.82) is 0 Å². The molecule has 1 aromatic carbocycles. The second-order valence-electron chi connectivity index (χ2n) is 7.73. The Morgan fingerprint density at radius 2 is 2.05 bits per heavy atom. The Balaban J connectivity index is 1.78. The van der Waals surface area contributed by atoms with Crippen molar-refractivity contribution in [3.8, 4) is 5.75 Å². The molecule has 3 heteroatoms. The molecule has 22 heavy (non-hydrogen) atoms. The van der Waals surface area contributed by atoms with Gasteiger partial charge < -0.3 is 5.11 Å². The first-order valence-corrected chi connectivity index (χ1v) is 9.55. The quantitative estimate of drug-likeness (QED) is 0.628. The van der Waals surface area contributed by atoms with Gasteiger partial charge in [0.15, 0.2) is 0 Å². The molecule has 0 saturated heterocycles. The van der Waals surface area contributed by atoms with Gasteiger partial charge in [0.2, 0.25) is 0 Å². The SMILES string of the molecule is Cc1c(O)c(I)cc2c1CCC1[C@@H]2CCC2(C)C(=O)CC[C@@H]12. The molecule has 0 spiro atoms. The van der Waals surface area contributed by atoms with Gasteiger partial charge in [0.25, 0.3) is 0 Å². The lowest BCUT2D eigenvalue weighted by atomic mass is 9.55. The van der Waals surface area contributed by atoms with Crippen molar-refractivity contribution in [3.05, 3.63) is 26.3 Å². The third kappa shape index (κ3) is 1.87. The number of phenolic OH excluding ortho intramolecular Hbond substituents is 1. The largest absolute Gasteiger partial charge is 0.507 e. The Morgan fingerprint density at radius 1 is 1.27 bits per heavy atom. The fourth-order valence-electron chi connectivity index (χ4n) is 5.65. The van der Waals surface area contributed by atoms with Crippen LogP contribution in [0.25, 0.3) is 0 Å². The highest BCUT2D eigenvalue weighted by Gasteiger charge is 2.54. The Labute approximate surface area is 145 Å². The van der Waals surface area contributed by atoms with Gasteiger partial charge >= 0.3 is 0 Å². The molecule has 0 bridgehead atoms. The molecule has 118 valence electrons. The third-order valence-corrected chi connectivity index (χ3v) is 7.76. The van der Waals surface area contributed by atoms with Gasteiger partial charge in [-0.05, 0) is 102 Å². The van der Waals surface area contributed by atoms with E-state index in [1.54, 1.807) is 0 Å². The number of hydrogen-bond acceptors (Lipinski definition) is 2. The maximum absolute atomic E-state index is 12.4.